The lowest BCUT2D eigenvalue weighted by Crippen LogP contribution is -1.90. The summed E-state index contributed by atoms with van der Waals surface area (Å²) in [5.74, 6) is -1.28. The van der Waals surface area contributed by atoms with E-state index in [1.807, 2.05) is 0 Å². The second-order valence-corrected chi connectivity index (χ2v) is 1.06. The van der Waals surface area contributed by atoms with Crippen molar-refractivity contribution in [2.75, 3.05) is 0 Å². The molecule has 0 saturated carbocycles. The Labute approximate surface area is 40.0 Å². The molecule has 6 heavy (non-hydrogen) atoms. The first-order valence-electron chi connectivity index (χ1n) is 1.16. The molecule has 0 unspecified atom stereocenters. The van der Waals surface area contributed by atoms with E-state index in [4.69, 9.17) is 16.7 Å². The maximum Gasteiger partial charge on any atom is 0.347 e. The van der Waals surface area contributed by atoms with Gasteiger partial charge in [-0.15, -0.1) is 0 Å². The van der Waals surface area contributed by atoms with Gasteiger partial charge in [-0.2, -0.15) is 0 Å². The Bertz CT molecular complexity index is 74.8. The molecule has 0 fully saturated rings. The zero-order valence-electron chi connectivity index (χ0n) is 2.81. The number of carboxylic acid groups (broad SMARTS) is 1. The fourth-order valence-corrected chi connectivity index (χ4v) is 0. The quantitative estimate of drug-likeness (QED) is 0.497. The number of hydrogen-bond donors (Lipinski definition) is 1. The average molecular weight is 105 g/mol. The van der Waals surface area contributed by atoms with Crippen molar-refractivity contribution in [1.29, 1.82) is 0 Å². The van der Waals surface area contributed by atoms with Crippen molar-refractivity contribution in [1.82, 2.24) is 0 Å². The summed E-state index contributed by atoms with van der Waals surface area (Å²) in [7, 11) is 0. The molecule has 1 radical (unpaired) electrons. The lowest BCUT2D eigenvalue weighted by Gasteiger charge is -1.76. The van der Waals surface area contributed by atoms with Crippen LogP contribution < -0.4 is 0 Å². The third kappa shape index (κ3) is 1.79. The summed E-state index contributed by atoms with van der Waals surface area (Å²) in [6.45, 7) is 4.52. The average Bonchev–Trinajstić information content (AvgIpc) is 1.36. The summed E-state index contributed by atoms with van der Waals surface area (Å²) in [6.07, 6.45) is 0. The van der Waals surface area contributed by atoms with Crippen LogP contribution in [0, 0.1) is 6.58 Å². The smallest absolute Gasteiger partial charge is 0.347 e. The summed E-state index contributed by atoms with van der Waals surface area (Å²) in [5, 5.41) is 7.09. The van der Waals surface area contributed by atoms with E-state index in [-0.39, 0.29) is 0 Å². The van der Waals surface area contributed by atoms with Gasteiger partial charge >= 0.3 is 5.97 Å². The van der Waals surface area contributed by atoms with Crippen molar-refractivity contribution >= 4 is 17.6 Å². The molecule has 0 aliphatic rings. The van der Waals surface area contributed by atoms with Crippen LogP contribution >= 0.6 is 11.6 Å². The van der Waals surface area contributed by atoms with Gasteiger partial charge in [-0.3, -0.25) is 0 Å². The molecule has 2 nitrogen and oxygen atoms in total. The van der Waals surface area contributed by atoms with E-state index >= 15 is 0 Å². The Morgan fingerprint density at radius 2 is 2.00 bits per heavy atom. The van der Waals surface area contributed by atoms with Gasteiger partial charge in [0.05, 0.1) is 0 Å². The fourth-order valence-electron chi connectivity index (χ4n) is 0. The predicted octanol–water partition coefficient (Wildman–Crippen LogP) is 0.627. The molecular formula is C3H2ClO2. The predicted molar refractivity (Wildman–Crippen MR) is 21.3 cm³/mol. The Balaban J connectivity index is 3.57. The SMILES string of the molecule is [CH]=C(Cl)C(=O)O. The molecule has 3 heteroatoms. The molecule has 0 rings (SSSR count). The highest BCUT2D eigenvalue weighted by Crippen LogP contribution is 1.92. The highest BCUT2D eigenvalue weighted by atomic mass is 35.5. The first-order valence-corrected chi connectivity index (χ1v) is 1.53. The normalized spacial score (nSPS) is 7.50. The molecule has 0 spiro atoms. The Morgan fingerprint density at radius 1 is 1.83 bits per heavy atom. The largest absolute Gasteiger partial charge is 0.477 e. The van der Waals surface area contributed by atoms with Crippen LogP contribution in [0.15, 0.2) is 5.03 Å². The molecule has 0 bridgehead atoms. The molecule has 0 heterocycles. The monoisotopic (exact) mass is 105 g/mol. The topological polar surface area (TPSA) is 37.3 Å². The molecule has 33 valence electrons. The van der Waals surface area contributed by atoms with Gasteiger partial charge < -0.3 is 5.11 Å². The Kier molecular flexibility index (Phi) is 1.67. The highest BCUT2D eigenvalue weighted by molar-refractivity contribution is 6.40. The van der Waals surface area contributed by atoms with Gasteiger partial charge in [0, 0.05) is 0 Å². The summed E-state index contributed by atoms with van der Waals surface area (Å²) >= 11 is 4.71. The van der Waals surface area contributed by atoms with Crippen LogP contribution in [0.2, 0.25) is 0 Å². The number of rotatable bonds is 1. The summed E-state index contributed by atoms with van der Waals surface area (Å²) in [6, 6.07) is 0. The second kappa shape index (κ2) is 1.82. The molecule has 0 aromatic heterocycles. The first-order chi connectivity index (χ1) is 2.64. The van der Waals surface area contributed by atoms with Crippen LogP contribution in [0.25, 0.3) is 0 Å². The van der Waals surface area contributed by atoms with Crippen LogP contribution in [0.3, 0.4) is 0 Å². The van der Waals surface area contributed by atoms with Crippen LogP contribution in [0.5, 0.6) is 0 Å². The van der Waals surface area contributed by atoms with Crippen molar-refractivity contribution in [3.05, 3.63) is 11.6 Å². The lowest BCUT2D eigenvalue weighted by molar-refractivity contribution is -0.131. The van der Waals surface area contributed by atoms with E-state index in [1.165, 1.54) is 0 Å². The minimum Gasteiger partial charge on any atom is -0.477 e. The minimum absolute atomic E-state index is 0.602. The van der Waals surface area contributed by atoms with E-state index in [1.54, 1.807) is 0 Å². The van der Waals surface area contributed by atoms with Crippen molar-refractivity contribution in [2.24, 2.45) is 0 Å². The van der Waals surface area contributed by atoms with Crippen LogP contribution in [-0.2, 0) is 4.79 Å². The Morgan fingerprint density at radius 3 is 2.00 bits per heavy atom. The molecule has 0 aliphatic carbocycles. The summed E-state index contributed by atoms with van der Waals surface area (Å²) in [5.41, 5.74) is 0. The standard InChI is InChI=1S/C3H2ClO2/c1-2(4)3(5)6/h1H,(H,5,6). The minimum atomic E-state index is -1.28. The third-order valence-corrected chi connectivity index (χ3v) is 0.366. The summed E-state index contributed by atoms with van der Waals surface area (Å²) in [4.78, 5) is 9.41. The van der Waals surface area contributed by atoms with Crippen LogP contribution in [0.4, 0.5) is 0 Å². The van der Waals surface area contributed by atoms with E-state index < -0.39 is 11.0 Å². The van der Waals surface area contributed by atoms with Gasteiger partial charge in [0.1, 0.15) is 5.03 Å². The van der Waals surface area contributed by atoms with Crippen LogP contribution in [-0.4, -0.2) is 11.1 Å². The van der Waals surface area contributed by atoms with Crippen molar-refractivity contribution in [3.8, 4) is 0 Å². The molecule has 0 atom stereocenters. The van der Waals surface area contributed by atoms with E-state index in [9.17, 15) is 4.79 Å². The molecule has 0 amide bonds. The zero-order chi connectivity index (χ0) is 5.15. The second-order valence-electron chi connectivity index (χ2n) is 0.653. The molecule has 0 saturated heterocycles. The Hall–Kier alpha value is -0.500. The number of carboxylic acids is 1. The fraction of sp³-hybridized carbons (Fsp3) is 0. The number of carbonyl (C=O) groups is 1. The van der Waals surface area contributed by atoms with Gasteiger partial charge in [-0.05, 0) is 6.58 Å². The third-order valence-electron chi connectivity index (χ3n) is 0.204. The molecule has 0 aromatic rings. The van der Waals surface area contributed by atoms with E-state index in [0.29, 0.717) is 0 Å². The maximum absolute atomic E-state index is 9.41. The van der Waals surface area contributed by atoms with E-state index in [2.05, 4.69) is 6.58 Å². The number of hydrogen-bond acceptors (Lipinski definition) is 1. The van der Waals surface area contributed by atoms with E-state index in [0.717, 1.165) is 0 Å². The van der Waals surface area contributed by atoms with Crippen molar-refractivity contribution in [2.45, 2.75) is 0 Å². The first kappa shape index (κ1) is 5.50. The van der Waals surface area contributed by atoms with Crippen molar-refractivity contribution in [3.63, 3.8) is 0 Å². The van der Waals surface area contributed by atoms with Crippen molar-refractivity contribution < 1.29 is 9.90 Å². The lowest BCUT2D eigenvalue weighted by atomic mass is 10.7. The number of halogens is 1. The number of aliphatic carboxylic acids is 1. The molecular weight excluding hydrogens is 103 g/mol. The molecule has 1 N–H and O–H groups in total. The van der Waals surface area contributed by atoms with Gasteiger partial charge in [0.15, 0.2) is 0 Å². The van der Waals surface area contributed by atoms with Gasteiger partial charge in [0.25, 0.3) is 0 Å². The zero-order valence-corrected chi connectivity index (χ0v) is 3.57. The molecule has 0 aromatic carbocycles. The summed E-state index contributed by atoms with van der Waals surface area (Å²) < 4.78 is 0. The van der Waals surface area contributed by atoms with Gasteiger partial charge in [-0.25, -0.2) is 4.79 Å². The van der Waals surface area contributed by atoms with Gasteiger partial charge in [-0.1, -0.05) is 11.6 Å². The maximum atomic E-state index is 9.41. The molecule has 0 aliphatic heterocycles. The van der Waals surface area contributed by atoms with Gasteiger partial charge in [0.2, 0.25) is 0 Å². The van der Waals surface area contributed by atoms with Crippen LogP contribution in [0.1, 0.15) is 0 Å². The highest BCUT2D eigenvalue weighted by Gasteiger charge is 1.94.